The number of carbonyl (C=O) groups excluding carboxylic acids is 1. The molecule has 0 radical (unpaired) electrons. The van der Waals surface area contributed by atoms with Crippen LogP contribution in [0.1, 0.15) is 12.0 Å². The zero-order valence-electron chi connectivity index (χ0n) is 13.7. The molecule has 1 N–H and O–H groups in total. The third-order valence-electron chi connectivity index (χ3n) is 4.51. The van der Waals surface area contributed by atoms with Crippen molar-refractivity contribution in [3.05, 3.63) is 47.1 Å². The van der Waals surface area contributed by atoms with E-state index in [1.54, 1.807) is 4.90 Å². The molecule has 6 nitrogen and oxygen atoms in total. The third-order valence-corrected chi connectivity index (χ3v) is 4.51. The third kappa shape index (κ3) is 3.35. The minimum atomic E-state index is -4.78. The van der Waals surface area contributed by atoms with E-state index in [0.717, 1.165) is 17.0 Å². The number of fused-ring (bicyclic) bond motifs is 1. The Kier molecular flexibility index (Phi) is 4.59. The molecule has 2 fully saturated rings. The van der Waals surface area contributed by atoms with Crippen LogP contribution in [0.25, 0.3) is 0 Å². The molecular weight excluding hydrogens is 356 g/mol. The van der Waals surface area contributed by atoms with Gasteiger partial charge in [-0.3, -0.25) is 4.79 Å². The lowest BCUT2D eigenvalue weighted by atomic mass is 10.1. The lowest BCUT2D eigenvalue weighted by Crippen LogP contribution is -2.62. The fourth-order valence-corrected chi connectivity index (χ4v) is 3.37. The summed E-state index contributed by atoms with van der Waals surface area (Å²) < 4.78 is 52.3. The Balaban J connectivity index is 1.91. The number of rotatable bonds is 3. The first-order chi connectivity index (χ1) is 12.2. The molecule has 0 aromatic heterocycles. The number of nitroso groups, excluding NO2 is 1. The number of halogens is 4. The van der Waals surface area contributed by atoms with Crippen LogP contribution in [0.2, 0.25) is 0 Å². The van der Waals surface area contributed by atoms with Gasteiger partial charge < -0.3 is 10.2 Å². The van der Waals surface area contributed by atoms with Crippen molar-refractivity contribution in [2.24, 2.45) is 0 Å². The molecule has 140 valence electrons. The van der Waals surface area contributed by atoms with Crippen molar-refractivity contribution in [1.82, 2.24) is 10.3 Å². The largest absolute Gasteiger partial charge is 0.419 e. The van der Waals surface area contributed by atoms with Crippen molar-refractivity contribution < 1.29 is 27.2 Å². The fraction of sp³-hybridized carbons (Fsp3) is 0.438. The van der Waals surface area contributed by atoms with Gasteiger partial charge in [0, 0.05) is 12.2 Å². The van der Waals surface area contributed by atoms with Gasteiger partial charge in [-0.25, -0.2) is 4.39 Å². The monoisotopic (exact) mass is 373 g/mol. The second-order valence-electron chi connectivity index (χ2n) is 6.19. The van der Waals surface area contributed by atoms with E-state index >= 15 is 0 Å². The zero-order chi connectivity index (χ0) is 19.1. The summed E-state index contributed by atoms with van der Waals surface area (Å²) in [7, 11) is 0. The Hall–Kier alpha value is -2.65. The molecule has 10 heteroatoms. The van der Waals surface area contributed by atoms with E-state index in [-0.39, 0.29) is 25.3 Å². The molecule has 2 aliphatic heterocycles. The normalized spacial score (nSPS) is 23.0. The number of anilines is 1. The van der Waals surface area contributed by atoms with Crippen molar-refractivity contribution in [1.29, 1.82) is 0 Å². The van der Waals surface area contributed by atoms with Crippen molar-refractivity contribution >= 4 is 11.6 Å². The van der Waals surface area contributed by atoms with Gasteiger partial charge in [-0.2, -0.15) is 13.2 Å². The lowest BCUT2D eigenvalue weighted by molar-refractivity contribution is -0.691. The van der Waals surface area contributed by atoms with Crippen LogP contribution in [-0.2, 0) is 11.0 Å². The summed E-state index contributed by atoms with van der Waals surface area (Å²) in [4.78, 5) is 26.0. The number of hydrogen-bond acceptors (Lipinski definition) is 3. The van der Waals surface area contributed by atoms with Crippen LogP contribution < -0.4 is 10.2 Å². The van der Waals surface area contributed by atoms with Crippen molar-refractivity contribution in [2.45, 2.75) is 24.8 Å². The van der Waals surface area contributed by atoms with Crippen molar-refractivity contribution in [3.63, 3.8) is 0 Å². The zero-order valence-corrected chi connectivity index (χ0v) is 13.7. The van der Waals surface area contributed by atoms with Gasteiger partial charge in [0.05, 0.1) is 22.9 Å². The second kappa shape index (κ2) is 6.58. The van der Waals surface area contributed by atoms with Crippen molar-refractivity contribution in [3.8, 4) is 0 Å². The number of hydrazine groups is 1. The average molecular weight is 373 g/mol. The van der Waals surface area contributed by atoms with Gasteiger partial charge >= 0.3 is 6.18 Å². The summed E-state index contributed by atoms with van der Waals surface area (Å²) >= 11 is 0. The molecule has 2 aliphatic rings. The van der Waals surface area contributed by atoms with E-state index in [2.05, 4.69) is 11.9 Å². The van der Waals surface area contributed by atoms with Gasteiger partial charge in [-0.15, -0.1) is 5.01 Å². The van der Waals surface area contributed by atoms with E-state index in [0.29, 0.717) is 12.5 Å². The standard InChI is InChI=1S/C16H16F4N4O2/c1-2-14(25)21-10-8-22(15-5-6-24(26)23(15)9-10)11-3-4-12(13(17)7-11)16(18,19)20/h2-4,7,10,15H,1,5-6,8-9H2/p+1. The molecule has 1 amide bonds. The number of alkyl halides is 3. The number of nitrogens with zero attached hydrogens (tertiary/aromatic N) is 3. The SMILES string of the molecule is C=CC(=O)NC1CN(c2ccc(C(F)(F)F)c(F)c2)C2CC[N+](=O)N2C1. The van der Waals surface area contributed by atoms with Crippen LogP contribution in [0.15, 0.2) is 30.9 Å². The highest BCUT2D eigenvalue weighted by atomic mass is 19.4. The van der Waals surface area contributed by atoms with Gasteiger partial charge in [0.2, 0.25) is 12.5 Å². The van der Waals surface area contributed by atoms with Gasteiger partial charge in [0.25, 0.3) is 0 Å². The Bertz CT molecular complexity index is 752. The fourth-order valence-electron chi connectivity index (χ4n) is 3.37. The van der Waals surface area contributed by atoms with Gasteiger partial charge in [0.1, 0.15) is 17.2 Å². The highest BCUT2D eigenvalue weighted by Gasteiger charge is 2.47. The molecule has 3 rings (SSSR count). The van der Waals surface area contributed by atoms with E-state index in [4.69, 9.17) is 0 Å². The first-order valence-corrected chi connectivity index (χ1v) is 7.98. The molecule has 26 heavy (non-hydrogen) atoms. The van der Waals surface area contributed by atoms with Crippen LogP contribution >= 0.6 is 0 Å². The molecule has 1 aromatic carbocycles. The number of carbonyl (C=O) groups is 1. The molecular formula is C16H17F4N4O2+. The molecule has 2 unspecified atom stereocenters. The molecule has 0 bridgehead atoms. The van der Waals surface area contributed by atoms with Gasteiger partial charge in [-0.05, 0) is 24.3 Å². The minimum Gasteiger partial charge on any atom is -0.346 e. The molecule has 1 aromatic rings. The van der Waals surface area contributed by atoms with Crippen LogP contribution in [0.3, 0.4) is 0 Å². The Morgan fingerprint density at radius 3 is 2.69 bits per heavy atom. The highest BCUT2D eigenvalue weighted by Crippen LogP contribution is 2.35. The predicted molar refractivity (Wildman–Crippen MR) is 84.5 cm³/mol. The Morgan fingerprint density at radius 1 is 1.35 bits per heavy atom. The summed E-state index contributed by atoms with van der Waals surface area (Å²) in [5, 5.41) is 4.15. The molecule has 2 saturated heterocycles. The Labute approximate surface area is 146 Å². The highest BCUT2D eigenvalue weighted by molar-refractivity contribution is 5.87. The quantitative estimate of drug-likeness (QED) is 0.501. The van der Waals surface area contributed by atoms with Gasteiger partial charge in [-0.1, -0.05) is 6.58 Å². The smallest absolute Gasteiger partial charge is 0.346 e. The number of amides is 1. The number of nitrogens with one attached hydrogen (secondary N) is 1. The molecule has 0 aliphatic carbocycles. The maximum atomic E-state index is 14.0. The van der Waals surface area contributed by atoms with Crippen LogP contribution in [0.5, 0.6) is 0 Å². The van der Waals surface area contributed by atoms with Gasteiger partial charge in [0.15, 0.2) is 6.17 Å². The molecule has 2 heterocycles. The maximum absolute atomic E-state index is 14.0. The van der Waals surface area contributed by atoms with Crippen molar-refractivity contribution in [2.75, 3.05) is 24.5 Å². The molecule has 2 atom stereocenters. The summed E-state index contributed by atoms with van der Waals surface area (Å²) in [6.07, 6.45) is -3.64. The summed E-state index contributed by atoms with van der Waals surface area (Å²) in [5.74, 6) is -1.81. The minimum absolute atomic E-state index is 0.215. The number of hydrogen-bond donors (Lipinski definition) is 1. The summed E-state index contributed by atoms with van der Waals surface area (Å²) in [5.41, 5.74) is -1.12. The number of benzene rings is 1. The summed E-state index contributed by atoms with van der Waals surface area (Å²) in [6.45, 7) is 4.07. The van der Waals surface area contributed by atoms with E-state index in [1.165, 1.54) is 11.1 Å². The maximum Gasteiger partial charge on any atom is 0.419 e. The first kappa shape index (κ1) is 18.2. The molecule has 0 spiro atoms. The topological polar surface area (TPSA) is 55.7 Å². The van der Waals surface area contributed by atoms with E-state index in [1.807, 2.05) is 0 Å². The van der Waals surface area contributed by atoms with E-state index < -0.39 is 35.7 Å². The Morgan fingerprint density at radius 2 is 2.08 bits per heavy atom. The molecule has 0 saturated carbocycles. The first-order valence-electron chi connectivity index (χ1n) is 7.98. The van der Waals surface area contributed by atoms with Crippen LogP contribution in [-0.4, -0.2) is 47.6 Å². The van der Waals surface area contributed by atoms with E-state index in [9.17, 15) is 27.3 Å². The summed E-state index contributed by atoms with van der Waals surface area (Å²) in [6, 6.07) is 2.21. The lowest BCUT2D eigenvalue weighted by Gasteiger charge is -2.40. The van der Waals surface area contributed by atoms with Crippen LogP contribution in [0.4, 0.5) is 23.2 Å². The second-order valence-corrected chi connectivity index (χ2v) is 6.19. The average Bonchev–Trinajstić information content (AvgIpc) is 2.94. The predicted octanol–water partition coefficient (Wildman–Crippen LogP) is 2.06. The van der Waals surface area contributed by atoms with Crippen LogP contribution in [0, 0.1) is 10.7 Å².